The molecule has 10 heteroatoms. The van der Waals surface area contributed by atoms with Crippen molar-refractivity contribution < 1.29 is 19.0 Å². The summed E-state index contributed by atoms with van der Waals surface area (Å²) in [5, 5.41) is 1.98. The van der Waals surface area contributed by atoms with Crippen LogP contribution in [0.2, 0.25) is 0 Å². The highest BCUT2D eigenvalue weighted by atomic mass is 79.9. The maximum absolute atomic E-state index is 14.5. The molecule has 1 atom stereocenters. The van der Waals surface area contributed by atoms with Crippen LogP contribution in [0.1, 0.15) is 49.4 Å². The van der Waals surface area contributed by atoms with Crippen LogP contribution in [0.5, 0.6) is 11.5 Å². The van der Waals surface area contributed by atoms with Gasteiger partial charge in [0.1, 0.15) is 24.1 Å². The van der Waals surface area contributed by atoms with Crippen molar-refractivity contribution in [1.82, 2.24) is 4.57 Å². The number of carbonyl (C=O) groups is 1. The number of thiazole rings is 1. The quantitative estimate of drug-likeness (QED) is 0.135. The second-order valence-electron chi connectivity index (χ2n) is 10.9. The zero-order chi connectivity index (χ0) is 33.1. The molecule has 0 saturated carbocycles. The Hall–Kier alpha value is -3.99. The average molecular weight is 777 g/mol. The van der Waals surface area contributed by atoms with Gasteiger partial charge in [-0.3, -0.25) is 9.36 Å². The largest absolute Gasteiger partial charge is 0.496 e. The Morgan fingerprint density at radius 3 is 2.47 bits per heavy atom. The number of ether oxygens (including phenoxy) is 3. The molecule has 7 nitrogen and oxygen atoms in total. The van der Waals surface area contributed by atoms with E-state index in [9.17, 15) is 9.59 Å². The van der Waals surface area contributed by atoms with Gasteiger partial charge in [0, 0.05) is 20.1 Å². The number of allylic oxidation sites excluding steroid dienone is 1. The normalized spacial score (nSPS) is 14.6. The van der Waals surface area contributed by atoms with Crippen molar-refractivity contribution in [3.63, 3.8) is 0 Å². The summed E-state index contributed by atoms with van der Waals surface area (Å²) in [6.45, 7) is 4.35. The number of benzene rings is 4. The highest BCUT2D eigenvalue weighted by Crippen LogP contribution is 2.38. The fourth-order valence-electron chi connectivity index (χ4n) is 5.76. The number of aromatic nitrogens is 1. The van der Waals surface area contributed by atoms with Crippen LogP contribution in [0.3, 0.4) is 0 Å². The third-order valence-electron chi connectivity index (χ3n) is 7.89. The number of nitrogens with zero attached hydrogens (tertiary/aromatic N) is 2. The molecule has 0 unspecified atom stereocenters. The van der Waals surface area contributed by atoms with Crippen molar-refractivity contribution in [1.29, 1.82) is 0 Å². The van der Waals surface area contributed by atoms with Gasteiger partial charge in [0.15, 0.2) is 4.80 Å². The molecule has 0 amide bonds. The van der Waals surface area contributed by atoms with E-state index in [1.807, 2.05) is 91.9 Å². The van der Waals surface area contributed by atoms with E-state index in [1.54, 1.807) is 18.6 Å². The first-order valence-electron chi connectivity index (χ1n) is 15.3. The molecule has 6 rings (SSSR count). The molecule has 4 aromatic carbocycles. The first kappa shape index (κ1) is 32.9. The van der Waals surface area contributed by atoms with Crippen molar-refractivity contribution in [2.75, 3.05) is 13.7 Å². The van der Waals surface area contributed by atoms with Crippen LogP contribution >= 0.6 is 43.2 Å². The van der Waals surface area contributed by atoms with Gasteiger partial charge in [-0.1, -0.05) is 99.0 Å². The van der Waals surface area contributed by atoms with Gasteiger partial charge in [-0.25, -0.2) is 9.79 Å². The SMILES string of the molecule is CCCC1=C(C(=O)OCC)[C@@H](c2cc(Br)ccc2OC)n2c(s/c(=C/c3c(OCc4ccc(Br)cc4)ccc4ccccc34)c2=O)=N1. The monoisotopic (exact) mass is 774 g/mol. The molecule has 1 aliphatic rings. The van der Waals surface area contributed by atoms with E-state index in [0.717, 1.165) is 37.3 Å². The molecular weight excluding hydrogens is 744 g/mol. The third-order valence-corrected chi connectivity index (χ3v) is 9.90. The lowest BCUT2D eigenvalue weighted by Crippen LogP contribution is -2.40. The molecule has 0 aliphatic carbocycles. The molecular formula is C37H32Br2N2O5S. The van der Waals surface area contributed by atoms with Crippen LogP contribution in [0, 0.1) is 0 Å². The molecule has 47 heavy (non-hydrogen) atoms. The van der Waals surface area contributed by atoms with Crippen LogP contribution in [-0.4, -0.2) is 24.3 Å². The molecule has 0 N–H and O–H groups in total. The molecule has 0 radical (unpaired) electrons. The van der Waals surface area contributed by atoms with E-state index in [4.69, 9.17) is 19.2 Å². The Kier molecular flexibility index (Phi) is 10.1. The van der Waals surface area contributed by atoms with Gasteiger partial charge >= 0.3 is 5.97 Å². The van der Waals surface area contributed by atoms with Crippen LogP contribution in [0.4, 0.5) is 0 Å². The highest BCUT2D eigenvalue weighted by molar-refractivity contribution is 9.10. The van der Waals surface area contributed by atoms with Crippen LogP contribution in [0.25, 0.3) is 16.8 Å². The number of halogens is 2. The van der Waals surface area contributed by atoms with Crippen LogP contribution in [0.15, 0.2) is 109 Å². The Bertz CT molecular complexity index is 2190. The van der Waals surface area contributed by atoms with E-state index in [1.165, 1.54) is 11.3 Å². The summed E-state index contributed by atoms with van der Waals surface area (Å²) in [6.07, 6.45) is 3.18. The number of fused-ring (bicyclic) bond motifs is 2. The summed E-state index contributed by atoms with van der Waals surface area (Å²) in [4.78, 5) is 33.6. The topological polar surface area (TPSA) is 79.1 Å². The minimum atomic E-state index is -0.804. The molecule has 1 aromatic heterocycles. The van der Waals surface area contributed by atoms with Gasteiger partial charge in [0.2, 0.25) is 0 Å². The zero-order valence-corrected chi connectivity index (χ0v) is 30.1. The minimum absolute atomic E-state index is 0.193. The summed E-state index contributed by atoms with van der Waals surface area (Å²) >= 11 is 8.36. The first-order valence-corrected chi connectivity index (χ1v) is 17.7. The van der Waals surface area contributed by atoms with Gasteiger partial charge in [0.05, 0.1) is 29.5 Å². The Morgan fingerprint density at radius 1 is 0.979 bits per heavy atom. The number of carbonyl (C=O) groups excluding carboxylic acids is 1. The lowest BCUT2D eigenvalue weighted by atomic mass is 9.93. The van der Waals surface area contributed by atoms with Crippen molar-refractivity contribution >= 4 is 66.0 Å². The van der Waals surface area contributed by atoms with Gasteiger partial charge in [-0.15, -0.1) is 0 Å². The van der Waals surface area contributed by atoms with E-state index in [2.05, 4.69) is 31.9 Å². The number of hydrogen-bond acceptors (Lipinski definition) is 7. The molecule has 0 saturated heterocycles. The van der Waals surface area contributed by atoms with Gasteiger partial charge in [0.25, 0.3) is 5.56 Å². The molecule has 240 valence electrons. The zero-order valence-electron chi connectivity index (χ0n) is 26.1. The minimum Gasteiger partial charge on any atom is -0.496 e. The van der Waals surface area contributed by atoms with E-state index in [0.29, 0.717) is 50.7 Å². The molecule has 5 aromatic rings. The van der Waals surface area contributed by atoms with Crippen LogP contribution in [-0.2, 0) is 16.1 Å². The number of methoxy groups -OCH3 is 1. The lowest BCUT2D eigenvalue weighted by molar-refractivity contribution is -0.139. The molecule has 1 aliphatic heterocycles. The van der Waals surface area contributed by atoms with E-state index in [-0.39, 0.29) is 12.2 Å². The van der Waals surface area contributed by atoms with Crippen molar-refractivity contribution in [3.05, 3.63) is 135 Å². The highest BCUT2D eigenvalue weighted by Gasteiger charge is 2.36. The average Bonchev–Trinajstić information content (AvgIpc) is 3.38. The second kappa shape index (κ2) is 14.4. The Balaban J connectivity index is 1.58. The molecule has 0 spiro atoms. The first-order chi connectivity index (χ1) is 22.8. The van der Waals surface area contributed by atoms with Gasteiger partial charge in [-0.2, -0.15) is 0 Å². The number of esters is 1. The number of hydrogen-bond donors (Lipinski definition) is 0. The van der Waals surface area contributed by atoms with Crippen molar-refractivity contribution in [2.24, 2.45) is 4.99 Å². The molecule has 0 bridgehead atoms. The van der Waals surface area contributed by atoms with E-state index < -0.39 is 12.0 Å². The lowest BCUT2D eigenvalue weighted by Gasteiger charge is -2.27. The summed E-state index contributed by atoms with van der Waals surface area (Å²) in [5.74, 6) is 0.699. The van der Waals surface area contributed by atoms with Gasteiger partial charge in [-0.05, 0) is 72.2 Å². The van der Waals surface area contributed by atoms with Gasteiger partial charge < -0.3 is 14.2 Å². The molecule has 0 fully saturated rings. The summed E-state index contributed by atoms with van der Waals surface area (Å²) in [5.41, 5.74) is 3.14. The summed E-state index contributed by atoms with van der Waals surface area (Å²) in [7, 11) is 1.58. The Labute approximate surface area is 293 Å². The fourth-order valence-corrected chi connectivity index (χ4v) is 7.40. The standard InChI is InChI=1S/C37H32Br2N2O5S/c1-4-8-29-33(36(43)45-5-2)34(28-19-25(39)16-18-30(28)44-3)41-35(42)32(47-37(41)40-29)20-27-26-10-7-6-9-23(26)13-17-31(27)46-21-22-11-14-24(38)15-12-22/h6-7,9-20,34H,4-5,8,21H2,1-3H3/b32-20+/t34-/m1/s1. The maximum atomic E-state index is 14.5. The summed E-state index contributed by atoms with van der Waals surface area (Å²) in [6, 6.07) is 24.7. The Morgan fingerprint density at radius 2 is 1.72 bits per heavy atom. The van der Waals surface area contributed by atoms with Crippen LogP contribution < -0.4 is 24.4 Å². The van der Waals surface area contributed by atoms with Crippen molar-refractivity contribution in [2.45, 2.75) is 39.3 Å². The second-order valence-corrected chi connectivity index (χ2v) is 13.8. The van der Waals surface area contributed by atoms with Crippen molar-refractivity contribution in [3.8, 4) is 11.5 Å². The summed E-state index contributed by atoms with van der Waals surface area (Å²) < 4.78 is 21.5. The number of rotatable bonds is 10. The molecule has 2 heterocycles. The predicted molar refractivity (Wildman–Crippen MR) is 193 cm³/mol. The predicted octanol–water partition coefficient (Wildman–Crippen LogP) is 7.84. The third kappa shape index (κ3) is 6.72. The smallest absolute Gasteiger partial charge is 0.338 e. The van der Waals surface area contributed by atoms with E-state index >= 15 is 0 Å². The maximum Gasteiger partial charge on any atom is 0.338 e. The fraction of sp³-hybridized carbons (Fsp3) is 0.216.